The van der Waals surface area contributed by atoms with Crippen molar-refractivity contribution in [3.8, 4) is 0 Å². The van der Waals surface area contributed by atoms with Gasteiger partial charge in [0.2, 0.25) is 0 Å². The monoisotopic (exact) mass is 346 g/mol. The van der Waals surface area contributed by atoms with Gasteiger partial charge in [0.15, 0.2) is 9.84 Å². The first-order valence-electron chi connectivity index (χ1n) is 8.02. The first-order valence-corrected chi connectivity index (χ1v) is 9.84. The number of rotatable bonds is 10. The quantitative estimate of drug-likeness (QED) is 0.342. The zero-order valence-electron chi connectivity index (χ0n) is 13.9. The molecule has 0 aromatic carbocycles. The minimum absolute atomic E-state index is 0.0162. The van der Waals surface area contributed by atoms with E-state index in [-0.39, 0.29) is 29.6 Å². The SMILES string of the molecule is C=C(CC(=O)O[C@H](C)CCCCCC)C(=O)OC1CS(=O)(=O)C1. The molecule has 0 bridgehead atoms. The second-order valence-corrected chi connectivity index (χ2v) is 8.19. The lowest BCUT2D eigenvalue weighted by molar-refractivity contribution is -0.151. The highest BCUT2D eigenvalue weighted by atomic mass is 32.2. The first kappa shape index (κ1) is 19.7. The van der Waals surface area contributed by atoms with Crippen molar-refractivity contribution in [3.05, 3.63) is 12.2 Å². The van der Waals surface area contributed by atoms with Gasteiger partial charge in [-0.25, -0.2) is 13.2 Å². The van der Waals surface area contributed by atoms with Gasteiger partial charge in [0.1, 0.15) is 6.10 Å². The molecule has 1 heterocycles. The minimum Gasteiger partial charge on any atom is -0.462 e. The van der Waals surface area contributed by atoms with Crippen LogP contribution in [-0.2, 0) is 28.9 Å². The van der Waals surface area contributed by atoms with E-state index in [1.165, 1.54) is 6.42 Å². The minimum atomic E-state index is -3.05. The van der Waals surface area contributed by atoms with Crippen LogP contribution < -0.4 is 0 Å². The van der Waals surface area contributed by atoms with Gasteiger partial charge in [0.25, 0.3) is 0 Å². The van der Waals surface area contributed by atoms with Crippen LogP contribution in [0.4, 0.5) is 0 Å². The molecule has 0 aliphatic carbocycles. The predicted molar refractivity (Wildman–Crippen MR) is 86.6 cm³/mol. The van der Waals surface area contributed by atoms with Gasteiger partial charge >= 0.3 is 11.9 Å². The van der Waals surface area contributed by atoms with E-state index in [4.69, 9.17) is 9.47 Å². The summed E-state index contributed by atoms with van der Waals surface area (Å²) in [5.41, 5.74) is -0.0162. The van der Waals surface area contributed by atoms with Crippen LogP contribution in [-0.4, -0.2) is 44.1 Å². The van der Waals surface area contributed by atoms with Gasteiger partial charge in [-0.2, -0.15) is 0 Å². The fourth-order valence-corrected chi connectivity index (χ4v) is 3.42. The topological polar surface area (TPSA) is 86.7 Å². The molecule has 23 heavy (non-hydrogen) atoms. The molecule has 1 rings (SSSR count). The third-order valence-electron chi connectivity index (χ3n) is 3.60. The number of carbonyl (C=O) groups is 2. The molecule has 0 amide bonds. The van der Waals surface area contributed by atoms with E-state index in [9.17, 15) is 18.0 Å². The molecule has 0 unspecified atom stereocenters. The number of hydrogen-bond acceptors (Lipinski definition) is 6. The average molecular weight is 346 g/mol. The summed E-state index contributed by atoms with van der Waals surface area (Å²) in [6.45, 7) is 7.47. The molecule has 7 heteroatoms. The average Bonchev–Trinajstić information content (AvgIpc) is 2.41. The van der Waals surface area contributed by atoms with Gasteiger partial charge in [-0.05, 0) is 19.8 Å². The van der Waals surface area contributed by atoms with Crippen LogP contribution in [0.25, 0.3) is 0 Å². The zero-order chi connectivity index (χ0) is 17.5. The molecule has 0 N–H and O–H groups in total. The van der Waals surface area contributed by atoms with Crippen molar-refractivity contribution in [2.75, 3.05) is 11.5 Å². The zero-order valence-corrected chi connectivity index (χ0v) is 14.7. The van der Waals surface area contributed by atoms with Crippen molar-refractivity contribution < 1.29 is 27.5 Å². The van der Waals surface area contributed by atoms with Crippen LogP contribution in [0, 0.1) is 0 Å². The van der Waals surface area contributed by atoms with Crippen LogP contribution in [0.2, 0.25) is 0 Å². The van der Waals surface area contributed by atoms with Crippen LogP contribution in [0.15, 0.2) is 12.2 Å². The lowest BCUT2D eigenvalue weighted by atomic mass is 10.1. The van der Waals surface area contributed by atoms with Crippen molar-refractivity contribution in [2.45, 2.75) is 64.6 Å². The lowest BCUT2D eigenvalue weighted by Gasteiger charge is -2.25. The summed E-state index contributed by atoms with van der Waals surface area (Å²) >= 11 is 0. The molecule has 6 nitrogen and oxygen atoms in total. The van der Waals surface area contributed by atoms with Crippen molar-refractivity contribution in [1.82, 2.24) is 0 Å². The highest BCUT2D eigenvalue weighted by molar-refractivity contribution is 7.92. The Morgan fingerprint density at radius 2 is 1.87 bits per heavy atom. The second kappa shape index (κ2) is 9.05. The molecule has 1 aliphatic rings. The third-order valence-corrected chi connectivity index (χ3v) is 5.36. The van der Waals surface area contributed by atoms with Crippen molar-refractivity contribution in [1.29, 1.82) is 0 Å². The summed E-state index contributed by atoms with van der Waals surface area (Å²) in [5, 5.41) is 0. The van der Waals surface area contributed by atoms with Gasteiger partial charge < -0.3 is 9.47 Å². The molecule has 0 radical (unpaired) electrons. The second-order valence-electron chi connectivity index (χ2n) is 6.03. The number of ether oxygens (including phenoxy) is 2. The third kappa shape index (κ3) is 7.63. The van der Waals surface area contributed by atoms with E-state index in [1.54, 1.807) is 0 Å². The molecular weight excluding hydrogens is 320 g/mol. The molecule has 0 saturated carbocycles. The molecule has 1 fully saturated rings. The van der Waals surface area contributed by atoms with Gasteiger partial charge in [-0.3, -0.25) is 4.79 Å². The first-order chi connectivity index (χ1) is 10.7. The Hall–Kier alpha value is -1.37. The molecule has 0 spiro atoms. The van der Waals surface area contributed by atoms with E-state index >= 15 is 0 Å². The van der Waals surface area contributed by atoms with Crippen LogP contribution in [0.3, 0.4) is 0 Å². The Kier molecular flexibility index (Phi) is 7.75. The fraction of sp³-hybridized carbons (Fsp3) is 0.750. The van der Waals surface area contributed by atoms with Gasteiger partial charge in [-0.15, -0.1) is 0 Å². The molecular formula is C16H26O6S. The Labute approximate surface area is 138 Å². The molecule has 0 aromatic heterocycles. The van der Waals surface area contributed by atoms with Gasteiger partial charge in [0.05, 0.1) is 24.0 Å². The van der Waals surface area contributed by atoms with Gasteiger partial charge in [0, 0.05) is 5.57 Å². The predicted octanol–water partition coefficient (Wildman–Crippen LogP) is 2.17. The molecule has 1 aliphatic heterocycles. The van der Waals surface area contributed by atoms with E-state index in [0.717, 1.165) is 25.7 Å². The van der Waals surface area contributed by atoms with Crippen LogP contribution >= 0.6 is 0 Å². The normalized spacial score (nSPS) is 17.8. The molecule has 1 saturated heterocycles. The van der Waals surface area contributed by atoms with E-state index in [2.05, 4.69) is 13.5 Å². The number of sulfone groups is 1. The highest BCUT2D eigenvalue weighted by Gasteiger charge is 2.36. The number of hydrogen-bond donors (Lipinski definition) is 0. The molecule has 1 atom stereocenters. The van der Waals surface area contributed by atoms with Crippen LogP contribution in [0.1, 0.15) is 52.4 Å². The maximum Gasteiger partial charge on any atom is 0.334 e. The highest BCUT2D eigenvalue weighted by Crippen LogP contribution is 2.17. The van der Waals surface area contributed by atoms with Crippen molar-refractivity contribution >= 4 is 21.8 Å². The molecule has 132 valence electrons. The Morgan fingerprint density at radius 1 is 1.22 bits per heavy atom. The summed E-state index contributed by atoms with van der Waals surface area (Å²) in [5.74, 6) is -1.58. The van der Waals surface area contributed by atoms with E-state index in [1.807, 2.05) is 6.92 Å². The van der Waals surface area contributed by atoms with Crippen LogP contribution in [0.5, 0.6) is 0 Å². The summed E-state index contributed by atoms with van der Waals surface area (Å²) in [7, 11) is -3.05. The van der Waals surface area contributed by atoms with Crippen molar-refractivity contribution in [3.63, 3.8) is 0 Å². The summed E-state index contributed by atoms with van der Waals surface area (Å²) < 4.78 is 32.2. The Morgan fingerprint density at radius 3 is 2.43 bits per heavy atom. The Balaban J connectivity index is 2.22. The summed E-state index contributed by atoms with van der Waals surface area (Å²) in [6.07, 6.45) is 4.17. The summed E-state index contributed by atoms with van der Waals surface area (Å²) in [6, 6.07) is 0. The number of unbranched alkanes of at least 4 members (excludes halogenated alkanes) is 3. The smallest absolute Gasteiger partial charge is 0.334 e. The Bertz CT molecular complexity index is 525. The number of carbonyl (C=O) groups excluding carboxylic acids is 2. The lowest BCUT2D eigenvalue weighted by Crippen LogP contribution is -2.44. The van der Waals surface area contributed by atoms with Gasteiger partial charge in [-0.1, -0.05) is 32.8 Å². The van der Waals surface area contributed by atoms with Crippen molar-refractivity contribution in [2.24, 2.45) is 0 Å². The standard InChI is InChI=1S/C16H26O6S/c1-4-5-6-7-8-13(3)21-15(17)9-12(2)16(18)22-14-10-23(19,20)11-14/h13-14H,2,4-11H2,1,3H3/t13-/m1/s1. The number of esters is 2. The maximum absolute atomic E-state index is 11.7. The van der Waals surface area contributed by atoms with E-state index in [0.29, 0.717) is 0 Å². The fourth-order valence-electron chi connectivity index (χ4n) is 2.25. The largest absolute Gasteiger partial charge is 0.462 e. The van der Waals surface area contributed by atoms with E-state index < -0.39 is 27.9 Å². The summed E-state index contributed by atoms with van der Waals surface area (Å²) in [4.78, 5) is 23.4. The molecule has 0 aromatic rings. The maximum atomic E-state index is 11.7.